The number of Topliss-reactive ketones (excluding diaryl/α,β-unsaturated/α-hetero) is 1. The van der Waals surface area contributed by atoms with Gasteiger partial charge in [-0.3, -0.25) is 9.59 Å². The second-order valence-electron chi connectivity index (χ2n) is 6.98. The monoisotopic (exact) mass is 393 g/mol. The summed E-state index contributed by atoms with van der Waals surface area (Å²) in [5, 5.41) is 0.608. The minimum absolute atomic E-state index is 0.0363. The number of rotatable bonds is 4. The molecule has 0 saturated carbocycles. The van der Waals surface area contributed by atoms with E-state index in [0.29, 0.717) is 29.2 Å². The Morgan fingerprint density at radius 2 is 1.71 bits per heavy atom. The van der Waals surface area contributed by atoms with E-state index < -0.39 is 0 Å². The SMILES string of the molecule is O=C(c1ccc(Cl)cc1)C1CCCN(C(=O)c2ccc(-n3ccnc3)cc2)C1. The number of hydrogen-bond donors (Lipinski definition) is 0. The average molecular weight is 394 g/mol. The fourth-order valence-electron chi connectivity index (χ4n) is 3.60. The molecule has 1 amide bonds. The maximum atomic E-state index is 12.9. The van der Waals surface area contributed by atoms with E-state index in [1.165, 1.54) is 0 Å². The number of hydrogen-bond acceptors (Lipinski definition) is 3. The molecule has 1 saturated heterocycles. The predicted molar refractivity (Wildman–Crippen MR) is 108 cm³/mol. The number of aromatic nitrogens is 2. The third-order valence-electron chi connectivity index (χ3n) is 5.12. The molecule has 142 valence electrons. The summed E-state index contributed by atoms with van der Waals surface area (Å²) in [4.78, 5) is 31.5. The van der Waals surface area contributed by atoms with Crippen LogP contribution in [0, 0.1) is 5.92 Å². The van der Waals surface area contributed by atoms with Crippen LogP contribution >= 0.6 is 11.6 Å². The summed E-state index contributed by atoms with van der Waals surface area (Å²) in [5.74, 6) is -0.139. The number of benzene rings is 2. The molecule has 1 unspecified atom stereocenters. The Morgan fingerprint density at radius 3 is 2.39 bits per heavy atom. The predicted octanol–water partition coefficient (Wildman–Crippen LogP) is 4.26. The molecule has 0 aliphatic carbocycles. The molecule has 1 fully saturated rings. The van der Waals surface area contributed by atoms with Gasteiger partial charge in [0.15, 0.2) is 5.78 Å². The first-order valence-corrected chi connectivity index (χ1v) is 9.67. The van der Waals surface area contributed by atoms with Gasteiger partial charge in [-0.1, -0.05) is 11.6 Å². The highest BCUT2D eigenvalue weighted by Gasteiger charge is 2.29. The fraction of sp³-hybridized carbons (Fsp3) is 0.227. The molecule has 3 aromatic rings. The molecular weight excluding hydrogens is 374 g/mol. The molecule has 0 radical (unpaired) electrons. The lowest BCUT2D eigenvalue weighted by molar-refractivity contribution is 0.0637. The van der Waals surface area contributed by atoms with Crippen LogP contribution in [0.5, 0.6) is 0 Å². The number of amides is 1. The van der Waals surface area contributed by atoms with Crippen LogP contribution in [-0.4, -0.2) is 39.2 Å². The van der Waals surface area contributed by atoms with Crippen molar-refractivity contribution in [2.45, 2.75) is 12.8 Å². The van der Waals surface area contributed by atoms with Gasteiger partial charge >= 0.3 is 0 Å². The van der Waals surface area contributed by atoms with Gasteiger partial charge in [0.05, 0.1) is 6.33 Å². The van der Waals surface area contributed by atoms with Crippen LogP contribution in [0.2, 0.25) is 5.02 Å². The zero-order valence-corrected chi connectivity index (χ0v) is 16.0. The lowest BCUT2D eigenvalue weighted by Crippen LogP contribution is -2.42. The molecule has 0 N–H and O–H groups in total. The van der Waals surface area contributed by atoms with Gasteiger partial charge in [-0.05, 0) is 61.4 Å². The third kappa shape index (κ3) is 3.85. The first-order chi connectivity index (χ1) is 13.6. The normalized spacial score (nSPS) is 16.8. The van der Waals surface area contributed by atoms with Crippen LogP contribution in [-0.2, 0) is 0 Å². The number of halogens is 1. The van der Waals surface area contributed by atoms with Gasteiger partial charge in [-0.2, -0.15) is 0 Å². The molecule has 0 bridgehead atoms. The molecule has 0 spiro atoms. The maximum Gasteiger partial charge on any atom is 0.253 e. The van der Waals surface area contributed by atoms with Crippen molar-refractivity contribution in [2.24, 2.45) is 5.92 Å². The Labute approximate surface area is 168 Å². The lowest BCUT2D eigenvalue weighted by Gasteiger charge is -2.32. The molecular formula is C22H20ClN3O2. The Balaban J connectivity index is 1.46. The molecule has 6 heteroatoms. The smallest absolute Gasteiger partial charge is 0.253 e. The highest BCUT2D eigenvalue weighted by molar-refractivity contribution is 6.30. The first-order valence-electron chi connectivity index (χ1n) is 9.29. The van der Waals surface area contributed by atoms with Crippen LogP contribution in [0.4, 0.5) is 0 Å². The lowest BCUT2D eigenvalue weighted by atomic mass is 9.89. The third-order valence-corrected chi connectivity index (χ3v) is 5.38. The first kappa shape index (κ1) is 18.4. The molecule has 1 aliphatic rings. The maximum absolute atomic E-state index is 12.9. The summed E-state index contributed by atoms with van der Waals surface area (Å²) < 4.78 is 1.88. The van der Waals surface area contributed by atoms with E-state index in [1.807, 2.05) is 35.0 Å². The number of carbonyl (C=O) groups is 2. The van der Waals surface area contributed by atoms with E-state index in [-0.39, 0.29) is 17.6 Å². The molecule has 5 nitrogen and oxygen atoms in total. The Kier molecular flexibility index (Phi) is 5.26. The number of nitrogens with zero attached hydrogens (tertiary/aromatic N) is 3. The minimum Gasteiger partial charge on any atom is -0.338 e. The molecule has 2 heterocycles. The van der Waals surface area contributed by atoms with E-state index in [1.54, 1.807) is 41.7 Å². The van der Waals surface area contributed by atoms with E-state index in [9.17, 15) is 9.59 Å². The van der Waals surface area contributed by atoms with Crippen molar-refractivity contribution in [1.82, 2.24) is 14.5 Å². The van der Waals surface area contributed by atoms with E-state index in [4.69, 9.17) is 11.6 Å². The average Bonchev–Trinajstić information content (AvgIpc) is 3.28. The van der Waals surface area contributed by atoms with Crippen molar-refractivity contribution in [3.63, 3.8) is 0 Å². The molecule has 4 rings (SSSR count). The van der Waals surface area contributed by atoms with Crippen molar-refractivity contribution < 1.29 is 9.59 Å². The summed E-state index contributed by atoms with van der Waals surface area (Å²) in [6, 6.07) is 14.4. The van der Waals surface area contributed by atoms with Gasteiger partial charge in [0.25, 0.3) is 5.91 Å². The molecule has 28 heavy (non-hydrogen) atoms. The van der Waals surface area contributed by atoms with Crippen LogP contribution in [0.25, 0.3) is 5.69 Å². The number of ketones is 1. The van der Waals surface area contributed by atoms with Gasteiger partial charge < -0.3 is 9.47 Å². The standard InChI is InChI=1S/C22H20ClN3O2/c23-19-7-3-16(4-8-19)21(27)18-2-1-12-25(14-18)22(28)17-5-9-20(10-6-17)26-13-11-24-15-26/h3-11,13,15,18H,1-2,12,14H2. The van der Waals surface area contributed by atoms with Crippen molar-refractivity contribution in [1.29, 1.82) is 0 Å². The highest BCUT2D eigenvalue weighted by Crippen LogP contribution is 2.23. The fourth-order valence-corrected chi connectivity index (χ4v) is 3.72. The number of likely N-dealkylation sites (tertiary alicyclic amines) is 1. The summed E-state index contributed by atoms with van der Waals surface area (Å²) in [5.41, 5.74) is 2.22. The Bertz CT molecular complexity index is 966. The van der Waals surface area contributed by atoms with Crippen molar-refractivity contribution in [3.8, 4) is 5.69 Å². The van der Waals surface area contributed by atoms with Crippen molar-refractivity contribution in [3.05, 3.63) is 83.4 Å². The van der Waals surface area contributed by atoms with E-state index in [2.05, 4.69) is 4.98 Å². The number of piperidine rings is 1. The van der Waals surface area contributed by atoms with Crippen molar-refractivity contribution in [2.75, 3.05) is 13.1 Å². The van der Waals surface area contributed by atoms with Crippen LogP contribution in [0.3, 0.4) is 0 Å². The molecule has 1 atom stereocenters. The topological polar surface area (TPSA) is 55.2 Å². The van der Waals surface area contributed by atoms with Gasteiger partial charge in [-0.25, -0.2) is 4.98 Å². The van der Waals surface area contributed by atoms with E-state index >= 15 is 0 Å². The highest BCUT2D eigenvalue weighted by atomic mass is 35.5. The zero-order valence-electron chi connectivity index (χ0n) is 15.3. The summed E-state index contributed by atoms with van der Waals surface area (Å²) >= 11 is 5.91. The van der Waals surface area contributed by atoms with E-state index in [0.717, 1.165) is 18.5 Å². The second kappa shape index (κ2) is 7.98. The summed E-state index contributed by atoms with van der Waals surface area (Å²) in [6.07, 6.45) is 6.90. The van der Waals surface area contributed by atoms with Gasteiger partial charge in [0.1, 0.15) is 0 Å². The van der Waals surface area contributed by atoms with Crippen LogP contribution in [0.15, 0.2) is 67.3 Å². The van der Waals surface area contributed by atoms with Crippen LogP contribution < -0.4 is 0 Å². The second-order valence-corrected chi connectivity index (χ2v) is 7.41. The van der Waals surface area contributed by atoms with Gasteiger partial charge in [-0.15, -0.1) is 0 Å². The van der Waals surface area contributed by atoms with Gasteiger partial charge in [0.2, 0.25) is 0 Å². The number of carbonyl (C=O) groups excluding carboxylic acids is 2. The Morgan fingerprint density at radius 1 is 1.00 bits per heavy atom. The quantitative estimate of drug-likeness (QED) is 0.622. The summed E-state index contributed by atoms with van der Waals surface area (Å²) in [7, 11) is 0. The van der Waals surface area contributed by atoms with Gasteiger partial charge in [0, 0.05) is 53.2 Å². The van der Waals surface area contributed by atoms with Crippen molar-refractivity contribution >= 4 is 23.3 Å². The largest absolute Gasteiger partial charge is 0.338 e. The molecule has 1 aromatic heterocycles. The Hall–Kier alpha value is -2.92. The zero-order chi connectivity index (χ0) is 19.5. The van der Waals surface area contributed by atoms with Crippen LogP contribution in [0.1, 0.15) is 33.6 Å². The minimum atomic E-state index is -0.177. The summed E-state index contributed by atoms with van der Waals surface area (Å²) in [6.45, 7) is 1.12. The molecule has 1 aliphatic heterocycles. The molecule has 2 aromatic carbocycles. The number of imidazole rings is 1.